The van der Waals surface area contributed by atoms with E-state index >= 15 is 0 Å². The van der Waals surface area contributed by atoms with Gasteiger partial charge in [-0.25, -0.2) is 8.78 Å². The molecule has 118 valence electrons. The number of thiophene rings is 1. The van der Waals surface area contributed by atoms with Gasteiger partial charge in [-0.1, -0.05) is 12.1 Å². The summed E-state index contributed by atoms with van der Waals surface area (Å²) >= 11 is 1.58. The lowest BCUT2D eigenvalue weighted by molar-refractivity contribution is -0.122. The fourth-order valence-electron chi connectivity index (χ4n) is 2.14. The molecule has 1 aromatic heterocycles. The Balaban J connectivity index is 1.86. The quantitative estimate of drug-likeness (QED) is 0.884. The Morgan fingerprint density at radius 3 is 2.77 bits per heavy atom. The molecule has 2 aromatic rings. The summed E-state index contributed by atoms with van der Waals surface area (Å²) in [6.45, 7) is 2.31. The monoisotopic (exact) mass is 324 g/mol. The molecule has 0 aliphatic heterocycles. The summed E-state index contributed by atoms with van der Waals surface area (Å²) in [4.78, 5) is 14.8. The first-order chi connectivity index (χ1) is 10.5. The first-order valence-corrected chi connectivity index (χ1v) is 7.79. The molecule has 0 bridgehead atoms. The van der Waals surface area contributed by atoms with Gasteiger partial charge in [0.1, 0.15) is 11.6 Å². The van der Waals surface area contributed by atoms with Crippen molar-refractivity contribution in [3.05, 3.63) is 57.8 Å². The summed E-state index contributed by atoms with van der Waals surface area (Å²) in [5.41, 5.74) is 0.364. The minimum absolute atomic E-state index is 0.0524. The summed E-state index contributed by atoms with van der Waals surface area (Å²) < 4.78 is 26.4. The molecule has 0 saturated carbocycles. The molecule has 1 amide bonds. The molecule has 1 unspecified atom stereocenters. The number of hydrogen-bond donors (Lipinski definition) is 1. The Bertz CT molecular complexity index is 631. The van der Waals surface area contributed by atoms with Crippen LogP contribution in [-0.2, 0) is 11.3 Å². The minimum Gasteiger partial charge on any atom is -0.348 e. The van der Waals surface area contributed by atoms with Crippen molar-refractivity contribution in [1.82, 2.24) is 10.2 Å². The summed E-state index contributed by atoms with van der Waals surface area (Å²) in [6, 6.07) is 7.31. The highest BCUT2D eigenvalue weighted by Gasteiger charge is 2.13. The predicted octanol–water partition coefficient (Wildman–Crippen LogP) is 3.34. The van der Waals surface area contributed by atoms with E-state index in [4.69, 9.17) is 0 Å². The number of nitrogens with one attached hydrogen (secondary N) is 1. The maximum atomic E-state index is 13.6. The highest BCUT2D eigenvalue weighted by molar-refractivity contribution is 7.10. The van der Waals surface area contributed by atoms with E-state index in [1.165, 1.54) is 12.1 Å². The van der Waals surface area contributed by atoms with Crippen molar-refractivity contribution >= 4 is 17.2 Å². The van der Waals surface area contributed by atoms with Gasteiger partial charge in [0.05, 0.1) is 12.6 Å². The standard InChI is InChI=1S/C16H18F2N2OS/c1-11(15-4-3-7-22-15)19-16(21)10-20(2)9-12-5-6-13(17)8-14(12)18/h3-8,11H,9-10H2,1-2H3,(H,19,21). The maximum Gasteiger partial charge on any atom is 0.234 e. The first kappa shape index (κ1) is 16.6. The minimum atomic E-state index is -0.605. The van der Waals surface area contributed by atoms with Gasteiger partial charge in [0.2, 0.25) is 5.91 Å². The SMILES string of the molecule is CC(NC(=O)CN(C)Cc1ccc(F)cc1F)c1cccs1. The van der Waals surface area contributed by atoms with Crippen LogP contribution in [-0.4, -0.2) is 24.4 Å². The largest absolute Gasteiger partial charge is 0.348 e. The molecule has 22 heavy (non-hydrogen) atoms. The van der Waals surface area contributed by atoms with Crippen molar-refractivity contribution in [2.45, 2.75) is 19.5 Å². The van der Waals surface area contributed by atoms with Gasteiger partial charge < -0.3 is 5.32 Å². The zero-order chi connectivity index (χ0) is 16.1. The van der Waals surface area contributed by atoms with Gasteiger partial charge in [0, 0.05) is 23.1 Å². The van der Waals surface area contributed by atoms with Crippen molar-refractivity contribution < 1.29 is 13.6 Å². The van der Waals surface area contributed by atoms with Gasteiger partial charge in [-0.3, -0.25) is 9.69 Å². The van der Waals surface area contributed by atoms with E-state index in [1.54, 1.807) is 23.3 Å². The molecule has 0 aliphatic rings. The third-order valence-electron chi connectivity index (χ3n) is 3.22. The average Bonchev–Trinajstić information content (AvgIpc) is 2.95. The van der Waals surface area contributed by atoms with Gasteiger partial charge in [0.15, 0.2) is 0 Å². The smallest absolute Gasteiger partial charge is 0.234 e. The lowest BCUT2D eigenvalue weighted by Gasteiger charge is -2.19. The number of benzene rings is 1. The third kappa shape index (κ3) is 4.61. The highest BCUT2D eigenvalue weighted by Crippen LogP contribution is 2.18. The highest BCUT2D eigenvalue weighted by atomic mass is 32.1. The normalized spacial score (nSPS) is 12.4. The molecule has 0 saturated heterocycles. The number of hydrogen-bond acceptors (Lipinski definition) is 3. The number of carbonyl (C=O) groups excluding carboxylic acids is 1. The third-order valence-corrected chi connectivity index (χ3v) is 4.27. The molecular formula is C16H18F2N2OS. The van der Waals surface area contributed by atoms with Crippen LogP contribution < -0.4 is 5.32 Å². The Kier molecular flexibility index (Phi) is 5.63. The van der Waals surface area contributed by atoms with Crippen molar-refractivity contribution in [3.63, 3.8) is 0 Å². The van der Waals surface area contributed by atoms with Crippen molar-refractivity contribution in [3.8, 4) is 0 Å². The molecule has 6 heteroatoms. The van der Waals surface area contributed by atoms with Crippen LogP contribution in [0.2, 0.25) is 0 Å². The van der Waals surface area contributed by atoms with Gasteiger partial charge in [-0.15, -0.1) is 11.3 Å². The van der Waals surface area contributed by atoms with Crippen LogP contribution in [0.4, 0.5) is 8.78 Å². The topological polar surface area (TPSA) is 32.3 Å². The second kappa shape index (κ2) is 7.47. The lowest BCUT2D eigenvalue weighted by atomic mass is 10.2. The van der Waals surface area contributed by atoms with Gasteiger partial charge in [-0.2, -0.15) is 0 Å². The zero-order valence-corrected chi connectivity index (χ0v) is 13.3. The Hall–Kier alpha value is -1.79. The average molecular weight is 324 g/mol. The molecule has 0 aliphatic carbocycles. The molecular weight excluding hydrogens is 306 g/mol. The van der Waals surface area contributed by atoms with Crippen molar-refractivity contribution in [1.29, 1.82) is 0 Å². The van der Waals surface area contributed by atoms with Gasteiger partial charge in [-0.05, 0) is 31.5 Å². The van der Waals surface area contributed by atoms with E-state index in [2.05, 4.69) is 5.32 Å². The van der Waals surface area contributed by atoms with E-state index in [-0.39, 0.29) is 25.0 Å². The molecule has 1 atom stereocenters. The first-order valence-electron chi connectivity index (χ1n) is 6.91. The second-order valence-corrected chi connectivity index (χ2v) is 6.19. The van der Waals surface area contributed by atoms with Crippen LogP contribution in [0.1, 0.15) is 23.4 Å². The summed E-state index contributed by atoms with van der Waals surface area (Å²) in [5.74, 6) is -1.34. The number of rotatable bonds is 6. The van der Waals surface area contributed by atoms with Crippen LogP contribution in [0.5, 0.6) is 0 Å². The second-order valence-electron chi connectivity index (χ2n) is 5.21. The zero-order valence-electron chi connectivity index (χ0n) is 12.5. The summed E-state index contributed by atoms with van der Waals surface area (Å²) in [5, 5.41) is 4.86. The number of nitrogens with zero attached hydrogens (tertiary/aromatic N) is 1. The molecule has 0 fully saturated rings. The van der Waals surface area contributed by atoms with Crippen LogP contribution in [0, 0.1) is 11.6 Å². The lowest BCUT2D eigenvalue weighted by Crippen LogP contribution is -2.36. The molecule has 2 rings (SSSR count). The number of halogens is 2. The van der Waals surface area contributed by atoms with Crippen molar-refractivity contribution in [2.24, 2.45) is 0 Å². The molecule has 1 N–H and O–H groups in total. The Labute approximate surface area is 132 Å². The molecule has 0 spiro atoms. The van der Waals surface area contributed by atoms with E-state index in [9.17, 15) is 13.6 Å². The van der Waals surface area contributed by atoms with E-state index < -0.39 is 11.6 Å². The van der Waals surface area contributed by atoms with Crippen molar-refractivity contribution in [2.75, 3.05) is 13.6 Å². The van der Waals surface area contributed by atoms with Crippen LogP contribution in [0.15, 0.2) is 35.7 Å². The number of carbonyl (C=O) groups is 1. The van der Waals surface area contributed by atoms with Gasteiger partial charge in [0.25, 0.3) is 0 Å². The Morgan fingerprint density at radius 2 is 2.14 bits per heavy atom. The molecule has 1 aromatic carbocycles. The van der Waals surface area contributed by atoms with Gasteiger partial charge >= 0.3 is 0 Å². The molecule has 3 nitrogen and oxygen atoms in total. The molecule has 1 heterocycles. The van der Waals surface area contributed by atoms with Crippen LogP contribution in [0.3, 0.4) is 0 Å². The van der Waals surface area contributed by atoms with Crippen LogP contribution in [0.25, 0.3) is 0 Å². The van der Waals surface area contributed by atoms with E-state index in [0.29, 0.717) is 5.56 Å². The number of likely N-dealkylation sites (N-methyl/N-ethyl adjacent to an activating group) is 1. The fourth-order valence-corrected chi connectivity index (χ4v) is 2.87. The molecule has 0 radical (unpaired) electrons. The van der Waals surface area contributed by atoms with Crippen LogP contribution >= 0.6 is 11.3 Å². The fraction of sp³-hybridized carbons (Fsp3) is 0.312. The summed E-state index contributed by atoms with van der Waals surface area (Å²) in [6.07, 6.45) is 0. The maximum absolute atomic E-state index is 13.6. The number of amides is 1. The predicted molar refractivity (Wildman–Crippen MR) is 83.6 cm³/mol. The van der Waals surface area contributed by atoms with E-state index in [1.807, 2.05) is 24.4 Å². The van der Waals surface area contributed by atoms with E-state index in [0.717, 1.165) is 10.9 Å². The summed E-state index contributed by atoms with van der Waals surface area (Å²) in [7, 11) is 1.72. The Morgan fingerprint density at radius 1 is 1.36 bits per heavy atom.